The van der Waals surface area contributed by atoms with E-state index in [0.717, 1.165) is 0 Å². The smallest absolute Gasteiger partial charge is 0.141 e. The normalized spacial score (nSPS) is 10.9. The molecule has 0 bridgehead atoms. The number of rotatable bonds is 1. The van der Waals surface area contributed by atoms with E-state index in [4.69, 9.17) is 11.6 Å². The van der Waals surface area contributed by atoms with Crippen LogP contribution < -0.4 is 0 Å². The van der Waals surface area contributed by atoms with E-state index in [2.05, 4.69) is 0 Å². The van der Waals surface area contributed by atoms with Gasteiger partial charge >= 0.3 is 0 Å². The molecule has 4 heteroatoms. The lowest BCUT2D eigenvalue weighted by Crippen LogP contribution is -1.81. The predicted molar refractivity (Wildman–Crippen MR) is 53.0 cm³/mol. The maximum atomic E-state index is 13.3. The first-order chi connectivity index (χ1) is 6.22. The molecule has 0 amide bonds. The molecule has 0 aliphatic heterocycles. The lowest BCUT2D eigenvalue weighted by atomic mass is 10.2. The van der Waals surface area contributed by atoms with Crippen molar-refractivity contribution in [3.63, 3.8) is 0 Å². The largest absolute Gasteiger partial charge is 0.506 e. The molecular weight excluding hydrogens is 211 g/mol. The minimum absolute atomic E-state index is 0.117. The fourth-order valence-electron chi connectivity index (χ4n) is 1.21. The van der Waals surface area contributed by atoms with Crippen molar-refractivity contribution in [3.8, 4) is 5.75 Å². The van der Waals surface area contributed by atoms with E-state index in [1.54, 1.807) is 6.07 Å². The number of halogens is 2. The standard InChI is InChI=1S/C9H6ClFOS/c10-3-5-1-6-8(12)4-13-9(6)7(11)2-5/h1-2,4,12H,3H2. The molecule has 0 unspecified atom stereocenters. The van der Waals surface area contributed by atoms with E-state index in [0.29, 0.717) is 15.6 Å². The molecule has 0 aliphatic rings. The molecular formula is C9H6ClFOS. The van der Waals surface area contributed by atoms with Gasteiger partial charge in [-0.2, -0.15) is 0 Å². The Morgan fingerprint density at radius 3 is 2.92 bits per heavy atom. The zero-order chi connectivity index (χ0) is 9.42. The number of hydrogen-bond acceptors (Lipinski definition) is 2. The maximum Gasteiger partial charge on any atom is 0.141 e. The molecule has 0 aliphatic carbocycles. The molecule has 13 heavy (non-hydrogen) atoms. The van der Waals surface area contributed by atoms with E-state index in [1.165, 1.54) is 22.8 Å². The molecule has 0 saturated heterocycles. The summed E-state index contributed by atoms with van der Waals surface area (Å²) < 4.78 is 13.8. The van der Waals surface area contributed by atoms with Crippen molar-refractivity contribution in [2.45, 2.75) is 5.88 Å². The van der Waals surface area contributed by atoms with Crippen molar-refractivity contribution in [1.29, 1.82) is 0 Å². The molecule has 2 rings (SSSR count). The third-order valence-electron chi connectivity index (χ3n) is 1.82. The Bertz CT molecular complexity index is 452. The van der Waals surface area contributed by atoms with Gasteiger partial charge in [0.1, 0.15) is 11.6 Å². The van der Waals surface area contributed by atoms with Crippen LogP contribution in [-0.4, -0.2) is 5.11 Å². The molecule has 0 spiro atoms. The van der Waals surface area contributed by atoms with Gasteiger partial charge in [-0.1, -0.05) is 0 Å². The van der Waals surface area contributed by atoms with Crippen molar-refractivity contribution in [3.05, 3.63) is 28.9 Å². The Morgan fingerprint density at radius 1 is 1.46 bits per heavy atom. The van der Waals surface area contributed by atoms with Crippen LogP contribution in [0.4, 0.5) is 4.39 Å². The Kier molecular flexibility index (Phi) is 2.14. The zero-order valence-corrected chi connectivity index (χ0v) is 8.12. The van der Waals surface area contributed by atoms with E-state index >= 15 is 0 Å². The third-order valence-corrected chi connectivity index (χ3v) is 3.12. The number of thiophene rings is 1. The summed E-state index contributed by atoms with van der Waals surface area (Å²) in [5, 5.41) is 11.4. The molecule has 1 nitrogen and oxygen atoms in total. The zero-order valence-electron chi connectivity index (χ0n) is 6.55. The second-order valence-corrected chi connectivity index (χ2v) is 3.86. The second kappa shape index (κ2) is 3.16. The molecule has 0 saturated carbocycles. The highest BCUT2D eigenvalue weighted by Crippen LogP contribution is 2.34. The molecule has 1 aromatic carbocycles. The van der Waals surface area contributed by atoms with Gasteiger partial charge in [-0.15, -0.1) is 22.9 Å². The number of alkyl halides is 1. The minimum atomic E-state index is -0.321. The van der Waals surface area contributed by atoms with Crippen molar-refractivity contribution >= 4 is 33.0 Å². The van der Waals surface area contributed by atoms with Crippen LogP contribution in [0.3, 0.4) is 0 Å². The molecule has 0 atom stereocenters. The Balaban J connectivity index is 2.80. The van der Waals surface area contributed by atoms with Gasteiger partial charge in [-0.3, -0.25) is 0 Å². The summed E-state index contributed by atoms with van der Waals surface area (Å²) in [4.78, 5) is 0. The van der Waals surface area contributed by atoms with Crippen LogP contribution in [0, 0.1) is 5.82 Å². The second-order valence-electron chi connectivity index (χ2n) is 2.71. The first kappa shape index (κ1) is 8.78. The lowest BCUT2D eigenvalue weighted by molar-refractivity contribution is 0.483. The first-order valence-corrected chi connectivity index (χ1v) is 5.08. The Labute approximate surface area is 83.4 Å². The number of aromatic hydroxyl groups is 1. The Hall–Kier alpha value is -0.800. The summed E-state index contributed by atoms with van der Waals surface area (Å²) in [6.07, 6.45) is 0. The summed E-state index contributed by atoms with van der Waals surface area (Å²) in [5.41, 5.74) is 0.681. The topological polar surface area (TPSA) is 20.2 Å². The lowest BCUT2D eigenvalue weighted by Gasteiger charge is -1.97. The molecule has 1 N–H and O–H groups in total. The predicted octanol–water partition coefficient (Wildman–Crippen LogP) is 3.48. The van der Waals surface area contributed by atoms with E-state index < -0.39 is 0 Å². The number of hydrogen-bond donors (Lipinski definition) is 1. The maximum absolute atomic E-state index is 13.3. The van der Waals surface area contributed by atoms with Crippen LogP contribution in [-0.2, 0) is 5.88 Å². The molecule has 68 valence electrons. The van der Waals surface area contributed by atoms with Crippen molar-refractivity contribution in [2.75, 3.05) is 0 Å². The molecule has 1 aromatic heterocycles. The number of benzene rings is 1. The summed E-state index contributed by atoms with van der Waals surface area (Å²) in [7, 11) is 0. The van der Waals surface area contributed by atoms with E-state index in [-0.39, 0.29) is 17.4 Å². The van der Waals surface area contributed by atoms with Crippen LogP contribution in [0.2, 0.25) is 0 Å². The van der Waals surface area contributed by atoms with Gasteiger partial charge in [-0.05, 0) is 17.7 Å². The van der Waals surface area contributed by atoms with Gasteiger partial charge in [0.25, 0.3) is 0 Å². The summed E-state index contributed by atoms with van der Waals surface area (Å²) in [5.74, 6) is 0.0478. The highest BCUT2D eigenvalue weighted by atomic mass is 35.5. The van der Waals surface area contributed by atoms with Crippen LogP contribution in [0.5, 0.6) is 5.75 Å². The SMILES string of the molecule is Oc1csc2c(F)cc(CCl)cc12. The molecule has 0 fully saturated rings. The first-order valence-electron chi connectivity index (χ1n) is 3.67. The molecule has 1 heterocycles. The minimum Gasteiger partial charge on any atom is -0.506 e. The summed E-state index contributed by atoms with van der Waals surface area (Å²) >= 11 is 6.77. The van der Waals surface area contributed by atoms with Crippen molar-refractivity contribution in [2.24, 2.45) is 0 Å². The van der Waals surface area contributed by atoms with E-state index in [1.807, 2.05) is 0 Å². The third kappa shape index (κ3) is 1.38. The van der Waals surface area contributed by atoms with Gasteiger partial charge in [0.05, 0.1) is 4.70 Å². The van der Waals surface area contributed by atoms with Crippen molar-refractivity contribution in [1.82, 2.24) is 0 Å². The molecule has 2 aromatic rings. The quantitative estimate of drug-likeness (QED) is 0.724. The van der Waals surface area contributed by atoms with Crippen LogP contribution in [0.1, 0.15) is 5.56 Å². The number of fused-ring (bicyclic) bond motifs is 1. The average molecular weight is 217 g/mol. The van der Waals surface area contributed by atoms with Gasteiger partial charge < -0.3 is 5.11 Å². The average Bonchev–Trinajstić information content (AvgIpc) is 2.48. The Morgan fingerprint density at radius 2 is 2.23 bits per heavy atom. The van der Waals surface area contributed by atoms with Gasteiger partial charge in [0, 0.05) is 16.6 Å². The summed E-state index contributed by atoms with van der Waals surface area (Å²) in [6.45, 7) is 0. The van der Waals surface area contributed by atoms with E-state index in [9.17, 15) is 9.50 Å². The van der Waals surface area contributed by atoms with Gasteiger partial charge in [0.2, 0.25) is 0 Å². The molecule has 0 radical (unpaired) electrons. The monoisotopic (exact) mass is 216 g/mol. The summed E-state index contributed by atoms with van der Waals surface area (Å²) in [6, 6.07) is 3.10. The fraction of sp³-hybridized carbons (Fsp3) is 0.111. The fourth-order valence-corrected chi connectivity index (χ4v) is 2.19. The van der Waals surface area contributed by atoms with Gasteiger partial charge in [-0.25, -0.2) is 4.39 Å². The van der Waals surface area contributed by atoms with Crippen LogP contribution in [0.25, 0.3) is 10.1 Å². The van der Waals surface area contributed by atoms with Crippen molar-refractivity contribution < 1.29 is 9.50 Å². The van der Waals surface area contributed by atoms with Crippen LogP contribution >= 0.6 is 22.9 Å². The highest BCUT2D eigenvalue weighted by Gasteiger charge is 2.08. The van der Waals surface area contributed by atoms with Gasteiger partial charge in [0.15, 0.2) is 0 Å². The highest BCUT2D eigenvalue weighted by molar-refractivity contribution is 7.17. The van der Waals surface area contributed by atoms with Crippen LogP contribution in [0.15, 0.2) is 17.5 Å².